The Labute approximate surface area is 146 Å². The van der Waals surface area contributed by atoms with Crippen LogP contribution in [-0.2, 0) is 24.1 Å². The topological polar surface area (TPSA) is 56.1 Å². The van der Waals surface area contributed by atoms with Crippen molar-refractivity contribution in [3.05, 3.63) is 17.5 Å². The van der Waals surface area contributed by atoms with Gasteiger partial charge < -0.3 is 10.1 Å². The van der Waals surface area contributed by atoms with Crippen LogP contribution in [0.25, 0.3) is 0 Å². The first kappa shape index (κ1) is 18.8. The van der Waals surface area contributed by atoms with Gasteiger partial charge in [0.15, 0.2) is 0 Å². The number of nitrogens with one attached hydrogen (secondary N) is 1. The summed E-state index contributed by atoms with van der Waals surface area (Å²) in [6, 6.07) is 2.23. The van der Waals surface area contributed by atoms with Crippen LogP contribution in [0.2, 0.25) is 0 Å². The molecule has 1 aliphatic rings. The van der Waals surface area contributed by atoms with E-state index in [-0.39, 0.29) is 17.7 Å². The van der Waals surface area contributed by atoms with E-state index in [9.17, 15) is 4.79 Å². The molecule has 0 aromatic carbocycles. The Kier molecular flexibility index (Phi) is 6.30. The molecule has 1 saturated carbocycles. The van der Waals surface area contributed by atoms with Crippen molar-refractivity contribution in [2.75, 3.05) is 0 Å². The highest BCUT2D eigenvalue weighted by molar-refractivity contribution is 5.68. The number of hydrogen-bond acceptors (Lipinski definition) is 3. The predicted molar refractivity (Wildman–Crippen MR) is 96.1 cm³/mol. The van der Waals surface area contributed by atoms with E-state index >= 15 is 0 Å². The SMILES string of the molecule is CCc1cc(CC)n(CC2CCC(OC(=O)NC(C)(C)C)CC2)n1. The maximum absolute atomic E-state index is 11.9. The average molecular weight is 335 g/mol. The average Bonchev–Trinajstić information content (AvgIpc) is 2.89. The van der Waals surface area contributed by atoms with Gasteiger partial charge in [-0.1, -0.05) is 13.8 Å². The normalized spacial score (nSPS) is 21.5. The second kappa shape index (κ2) is 8.04. The first-order valence-corrected chi connectivity index (χ1v) is 9.35. The molecule has 1 aliphatic carbocycles. The van der Waals surface area contributed by atoms with Crippen molar-refractivity contribution in [1.29, 1.82) is 0 Å². The summed E-state index contributed by atoms with van der Waals surface area (Å²) in [5, 5.41) is 7.59. The van der Waals surface area contributed by atoms with Crippen LogP contribution in [0.5, 0.6) is 0 Å². The van der Waals surface area contributed by atoms with Gasteiger partial charge in [-0.05, 0) is 71.3 Å². The van der Waals surface area contributed by atoms with Crippen LogP contribution in [0.3, 0.4) is 0 Å². The fraction of sp³-hybridized carbons (Fsp3) is 0.789. The Morgan fingerprint density at radius 3 is 2.46 bits per heavy atom. The molecule has 5 nitrogen and oxygen atoms in total. The van der Waals surface area contributed by atoms with Crippen molar-refractivity contribution in [2.45, 2.75) is 91.3 Å². The maximum atomic E-state index is 11.9. The summed E-state index contributed by atoms with van der Waals surface area (Å²) in [6.07, 6.45) is 5.87. The standard InChI is InChI=1S/C19H33N3O2/c1-6-15-12-16(7-2)22(21-15)13-14-8-10-17(11-9-14)24-18(23)20-19(3,4)5/h12,14,17H,6-11,13H2,1-5H3,(H,20,23). The number of ether oxygens (including phenoxy) is 1. The zero-order valence-corrected chi connectivity index (χ0v) is 15.9. The van der Waals surface area contributed by atoms with Gasteiger partial charge in [0, 0.05) is 17.8 Å². The van der Waals surface area contributed by atoms with Crippen LogP contribution < -0.4 is 5.32 Å². The molecule has 0 aliphatic heterocycles. The molecule has 0 unspecified atom stereocenters. The van der Waals surface area contributed by atoms with Crippen LogP contribution in [0.1, 0.15) is 71.7 Å². The van der Waals surface area contributed by atoms with Crippen LogP contribution >= 0.6 is 0 Å². The Balaban J connectivity index is 1.81. The van der Waals surface area contributed by atoms with E-state index in [2.05, 4.69) is 29.9 Å². The van der Waals surface area contributed by atoms with Gasteiger partial charge in [0.2, 0.25) is 0 Å². The number of rotatable bonds is 5. The fourth-order valence-corrected chi connectivity index (χ4v) is 3.29. The van der Waals surface area contributed by atoms with E-state index < -0.39 is 0 Å². The van der Waals surface area contributed by atoms with Gasteiger partial charge in [0.1, 0.15) is 6.10 Å². The van der Waals surface area contributed by atoms with Gasteiger partial charge in [0.25, 0.3) is 0 Å². The van der Waals surface area contributed by atoms with Crippen molar-refractivity contribution in [3.63, 3.8) is 0 Å². The lowest BCUT2D eigenvalue weighted by molar-refractivity contribution is 0.0572. The third kappa shape index (κ3) is 5.53. The van der Waals surface area contributed by atoms with E-state index in [1.54, 1.807) is 0 Å². The van der Waals surface area contributed by atoms with Crippen molar-refractivity contribution in [2.24, 2.45) is 5.92 Å². The van der Waals surface area contributed by atoms with E-state index in [4.69, 9.17) is 9.84 Å². The highest BCUT2D eigenvalue weighted by Crippen LogP contribution is 2.28. The molecular weight excluding hydrogens is 302 g/mol. The quantitative estimate of drug-likeness (QED) is 0.881. The predicted octanol–water partition coefficient (Wildman–Crippen LogP) is 4.09. The molecule has 0 bridgehead atoms. The number of aromatic nitrogens is 2. The van der Waals surface area contributed by atoms with Gasteiger partial charge in [-0.15, -0.1) is 0 Å². The lowest BCUT2D eigenvalue weighted by Gasteiger charge is -2.30. The molecule has 0 spiro atoms. The monoisotopic (exact) mass is 335 g/mol. The Morgan fingerprint density at radius 2 is 1.92 bits per heavy atom. The summed E-state index contributed by atoms with van der Waals surface area (Å²) in [5.74, 6) is 0.630. The number of carbonyl (C=O) groups is 1. The first-order chi connectivity index (χ1) is 11.3. The fourth-order valence-electron chi connectivity index (χ4n) is 3.29. The van der Waals surface area contributed by atoms with Gasteiger partial charge in [-0.2, -0.15) is 5.10 Å². The molecule has 1 N–H and O–H groups in total. The van der Waals surface area contributed by atoms with E-state index in [0.29, 0.717) is 5.92 Å². The minimum absolute atomic E-state index is 0.0538. The zero-order valence-electron chi connectivity index (χ0n) is 15.9. The minimum atomic E-state index is -0.293. The molecular formula is C19H33N3O2. The molecule has 0 radical (unpaired) electrons. The van der Waals surface area contributed by atoms with E-state index in [0.717, 1.165) is 45.1 Å². The Morgan fingerprint density at radius 1 is 1.25 bits per heavy atom. The molecule has 1 fully saturated rings. The van der Waals surface area contributed by atoms with Gasteiger partial charge in [-0.25, -0.2) is 4.79 Å². The minimum Gasteiger partial charge on any atom is -0.446 e. The van der Waals surface area contributed by atoms with Crippen molar-refractivity contribution in [3.8, 4) is 0 Å². The summed E-state index contributed by atoms with van der Waals surface area (Å²) in [7, 11) is 0. The summed E-state index contributed by atoms with van der Waals surface area (Å²) < 4.78 is 7.75. The summed E-state index contributed by atoms with van der Waals surface area (Å²) >= 11 is 0. The van der Waals surface area contributed by atoms with Crippen molar-refractivity contribution < 1.29 is 9.53 Å². The summed E-state index contributed by atoms with van der Waals surface area (Å²) in [4.78, 5) is 11.9. The molecule has 1 heterocycles. The number of aryl methyl sites for hydroxylation is 2. The van der Waals surface area contributed by atoms with Crippen LogP contribution in [0, 0.1) is 5.92 Å². The lowest BCUT2D eigenvalue weighted by atomic mass is 9.87. The first-order valence-electron chi connectivity index (χ1n) is 9.35. The Hall–Kier alpha value is -1.52. The van der Waals surface area contributed by atoms with E-state index in [1.165, 1.54) is 11.4 Å². The van der Waals surface area contributed by atoms with Crippen LogP contribution in [-0.4, -0.2) is 27.5 Å². The third-order valence-corrected chi connectivity index (χ3v) is 4.61. The summed E-state index contributed by atoms with van der Waals surface area (Å²) in [6.45, 7) is 11.2. The molecule has 5 heteroatoms. The molecule has 0 saturated heterocycles. The number of nitrogens with zero attached hydrogens (tertiary/aromatic N) is 2. The number of amides is 1. The smallest absolute Gasteiger partial charge is 0.407 e. The van der Waals surface area contributed by atoms with Gasteiger partial charge in [0.05, 0.1) is 5.69 Å². The maximum Gasteiger partial charge on any atom is 0.407 e. The number of alkyl carbamates (subject to hydrolysis) is 1. The van der Waals surface area contributed by atoms with Gasteiger partial charge >= 0.3 is 6.09 Å². The van der Waals surface area contributed by atoms with Crippen molar-refractivity contribution >= 4 is 6.09 Å². The molecule has 1 aromatic heterocycles. The van der Waals surface area contributed by atoms with Crippen LogP contribution in [0.15, 0.2) is 6.07 Å². The second-order valence-electron chi connectivity index (χ2n) is 7.94. The molecule has 1 amide bonds. The van der Waals surface area contributed by atoms with Gasteiger partial charge in [-0.3, -0.25) is 4.68 Å². The third-order valence-electron chi connectivity index (χ3n) is 4.61. The number of carbonyl (C=O) groups excluding carboxylic acids is 1. The molecule has 24 heavy (non-hydrogen) atoms. The van der Waals surface area contributed by atoms with Crippen LogP contribution in [0.4, 0.5) is 4.79 Å². The molecule has 2 rings (SSSR count). The molecule has 0 atom stereocenters. The van der Waals surface area contributed by atoms with Crippen molar-refractivity contribution in [1.82, 2.24) is 15.1 Å². The zero-order chi connectivity index (χ0) is 17.7. The molecule has 136 valence electrons. The Bertz CT molecular complexity index is 537. The number of hydrogen-bond donors (Lipinski definition) is 1. The highest BCUT2D eigenvalue weighted by Gasteiger charge is 2.26. The summed E-state index contributed by atoms with van der Waals surface area (Å²) in [5.41, 5.74) is 2.26. The highest BCUT2D eigenvalue weighted by atomic mass is 16.6. The van der Waals surface area contributed by atoms with E-state index in [1.807, 2.05) is 20.8 Å². The second-order valence-corrected chi connectivity index (χ2v) is 7.94. The molecule has 1 aromatic rings. The lowest BCUT2D eigenvalue weighted by Crippen LogP contribution is -2.42. The largest absolute Gasteiger partial charge is 0.446 e.